The van der Waals surface area contributed by atoms with E-state index in [-0.39, 0.29) is 6.29 Å². The summed E-state index contributed by atoms with van der Waals surface area (Å²) in [5.74, 6) is 0. The van der Waals surface area contributed by atoms with Crippen molar-refractivity contribution < 1.29 is 14.6 Å². The standard InChI is InChI=1S/C12H24O3/c1-2-3-4-5-8-11(13)15-12-9-6-7-10-14-12/h11-13H,2-10H2,1H3/t11-,12?/m0/s1. The molecule has 0 bridgehead atoms. The van der Waals surface area contributed by atoms with Crippen LogP contribution in [0.3, 0.4) is 0 Å². The molecular weight excluding hydrogens is 192 g/mol. The van der Waals surface area contributed by atoms with Gasteiger partial charge in [-0.1, -0.05) is 26.2 Å². The van der Waals surface area contributed by atoms with Gasteiger partial charge < -0.3 is 14.6 Å². The maximum atomic E-state index is 9.60. The van der Waals surface area contributed by atoms with Gasteiger partial charge in [0, 0.05) is 6.61 Å². The van der Waals surface area contributed by atoms with Gasteiger partial charge in [0.1, 0.15) is 0 Å². The monoisotopic (exact) mass is 216 g/mol. The summed E-state index contributed by atoms with van der Waals surface area (Å²) in [5, 5.41) is 9.60. The first-order valence-corrected chi connectivity index (χ1v) is 6.28. The molecule has 1 heterocycles. The van der Waals surface area contributed by atoms with Gasteiger partial charge in [-0.2, -0.15) is 0 Å². The number of hydrogen-bond donors (Lipinski definition) is 1. The van der Waals surface area contributed by atoms with E-state index >= 15 is 0 Å². The summed E-state index contributed by atoms with van der Waals surface area (Å²) in [6.07, 6.45) is 7.82. The number of rotatable bonds is 7. The molecule has 1 unspecified atom stereocenters. The molecular formula is C12H24O3. The summed E-state index contributed by atoms with van der Waals surface area (Å²) in [6.45, 7) is 2.95. The lowest BCUT2D eigenvalue weighted by Gasteiger charge is -2.25. The molecule has 90 valence electrons. The largest absolute Gasteiger partial charge is 0.368 e. The summed E-state index contributed by atoms with van der Waals surface area (Å²) in [4.78, 5) is 0. The summed E-state index contributed by atoms with van der Waals surface area (Å²) in [7, 11) is 0. The Kier molecular flexibility index (Phi) is 6.98. The fourth-order valence-corrected chi connectivity index (χ4v) is 1.81. The smallest absolute Gasteiger partial charge is 0.160 e. The van der Waals surface area contributed by atoms with Crippen molar-refractivity contribution in [3.8, 4) is 0 Å². The first-order chi connectivity index (χ1) is 7.33. The molecule has 1 aliphatic heterocycles. The Morgan fingerprint density at radius 2 is 2.20 bits per heavy atom. The van der Waals surface area contributed by atoms with Crippen molar-refractivity contribution in [3.05, 3.63) is 0 Å². The molecule has 0 aromatic carbocycles. The van der Waals surface area contributed by atoms with Crippen molar-refractivity contribution in [2.45, 2.75) is 70.9 Å². The molecule has 2 atom stereocenters. The second-order valence-electron chi connectivity index (χ2n) is 4.24. The maximum Gasteiger partial charge on any atom is 0.160 e. The fraction of sp³-hybridized carbons (Fsp3) is 1.00. The number of ether oxygens (including phenoxy) is 2. The normalized spacial score (nSPS) is 24.0. The molecule has 1 N–H and O–H groups in total. The van der Waals surface area contributed by atoms with E-state index in [2.05, 4.69) is 6.92 Å². The molecule has 1 aliphatic rings. The highest BCUT2D eigenvalue weighted by Gasteiger charge is 2.17. The molecule has 0 radical (unpaired) electrons. The maximum absolute atomic E-state index is 9.60. The highest BCUT2D eigenvalue weighted by molar-refractivity contribution is 4.55. The summed E-state index contributed by atoms with van der Waals surface area (Å²) >= 11 is 0. The lowest BCUT2D eigenvalue weighted by atomic mass is 10.1. The minimum Gasteiger partial charge on any atom is -0.368 e. The molecule has 0 aromatic rings. The number of hydrogen-bond acceptors (Lipinski definition) is 3. The van der Waals surface area contributed by atoms with Crippen molar-refractivity contribution in [3.63, 3.8) is 0 Å². The summed E-state index contributed by atoms with van der Waals surface area (Å²) < 4.78 is 10.8. The number of aliphatic hydroxyl groups excluding tert-OH is 1. The predicted octanol–water partition coefficient (Wildman–Crippen LogP) is 2.82. The van der Waals surface area contributed by atoms with Gasteiger partial charge in [-0.05, 0) is 32.1 Å². The Hall–Kier alpha value is -0.120. The van der Waals surface area contributed by atoms with E-state index in [1.54, 1.807) is 0 Å². The van der Waals surface area contributed by atoms with Gasteiger partial charge in [-0.25, -0.2) is 0 Å². The van der Waals surface area contributed by atoms with E-state index < -0.39 is 6.29 Å². The Balaban J connectivity index is 1.98. The van der Waals surface area contributed by atoms with Crippen LogP contribution in [0.1, 0.15) is 58.3 Å². The third kappa shape index (κ3) is 6.13. The zero-order valence-electron chi connectivity index (χ0n) is 9.78. The Morgan fingerprint density at radius 1 is 1.33 bits per heavy atom. The molecule has 0 spiro atoms. The molecule has 1 rings (SSSR count). The van der Waals surface area contributed by atoms with Gasteiger partial charge in [-0.3, -0.25) is 0 Å². The average Bonchev–Trinajstić information content (AvgIpc) is 2.26. The van der Waals surface area contributed by atoms with Crippen LogP contribution in [0.2, 0.25) is 0 Å². The van der Waals surface area contributed by atoms with Crippen LogP contribution < -0.4 is 0 Å². The van der Waals surface area contributed by atoms with Gasteiger partial charge in [0.15, 0.2) is 12.6 Å². The topological polar surface area (TPSA) is 38.7 Å². The van der Waals surface area contributed by atoms with Crippen molar-refractivity contribution in [1.29, 1.82) is 0 Å². The minimum absolute atomic E-state index is 0.167. The van der Waals surface area contributed by atoms with Gasteiger partial charge in [0.05, 0.1) is 0 Å². The Labute approximate surface area is 92.8 Å². The second-order valence-corrected chi connectivity index (χ2v) is 4.24. The van der Waals surface area contributed by atoms with E-state index in [9.17, 15) is 5.11 Å². The van der Waals surface area contributed by atoms with Gasteiger partial charge >= 0.3 is 0 Å². The van der Waals surface area contributed by atoms with Crippen LogP contribution in [-0.4, -0.2) is 24.3 Å². The molecule has 0 amide bonds. The SMILES string of the molecule is CCCCCC[C@@H](O)OC1CCCCO1. The van der Waals surface area contributed by atoms with Crippen LogP contribution in [0.5, 0.6) is 0 Å². The van der Waals surface area contributed by atoms with Crippen molar-refractivity contribution >= 4 is 0 Å². The van der Waals surface area contributed by atoms with E-state index in [0.29, 0.717) is 0 Å². The molecule has 0 saturated carbocycles. The Bertz CT molecular complexity index is 144. The van der Waals surface area contributed by atoms with Gasteiger partial charge in [0.25, 0.3) is 0 Å². The molecule has 1 fully saturated rings. The molecule has 0 aromatic heterocycles. The number of unbranched alkanes of at least 4 members (excludes halogenated alkanes) is 3. The fourth-order valence-electron chi connectivity index (χ4n) is 1.81. The lowest BCUT2D eigenvalue weighted by molar-refractivity contribution is -0.241. The van der Waals surface area contributed by atoms with Crippen LogP contribution in [0.15, 0.2) is 0 Å². The van der Waals surface area contributed by atoms with Gasteiger partial charge in [0.2, 0.25) is 0 Å². The second kappa shape index (κ2) is 8.08. The molecule has 15 heavy (non-hydrogen) atoms. The van der Waals surface area contributed by atoms with Crippen LogP contribution in [0, 0.1) is 0 Å². The molecule has 1 saturated heterocycles. The van der Waals surface area contributed by atoms with E-state index in [0.717, 1.165) is 38.7 Å². The minimum atomic E-state index is -0.634. The highest BCUT2D eigenvalue weighted by atomic mass is 16.7. The lowest BCUT2D eigenvalue weighted by Crippen LogP contribution is -2.27. The van der Waals surface area contributed by atoms with Crippen LogP contribution in [0.25, 0.3) is 0 Å². The first-order valence-electron chi connectivity index (χ1n) is 6.28. The van der Waals surface area contributed by atoms with E-state index in [1.807, 2.05) is 0 Å². The third-order valence-corrected chi connectivity index (χ3v) is 2.75. The van der Waals surface area contributed by atoms with Crippen molar-refractivity contribution in [2.75, 3.05) is 6.61 Å². The highest BCUT2D eigenvalue weighted by Crippen LogP contribution is 2.16. The predicted molar refractivity (Wildman–Crippen MR) is 59.4 cm³/mol. The quantitative estimate of drug-likeness (QED) is 0.525. The number of aliphatic hydroxyl groups is 1. The zero-order chi connectivity index (χ0) is 10.9. The van der Waals surface area contributed by atoms with Crippen LogP contribution >= 0.6 is 0 Å². The summed E-state index contributed by atoms with van der Waals surface area (Å²) in [6, 6.07) is 0. The first kappa shape index (κ1) is 12.9. The van der Waals surface area contributed by atoms with Gasteiger partial charge in [-0.15, -0.1) is 0 Å². The van der Waals surface area contributed by atoms with Crippen molar-refractivity contribution in [2.24, 2.45) is 0 Å². The van der Waals surface area contributed by atoms with E-state index in [1.165, 1.54) is 19.3 Å². The molecule has 3 heteroatoms. The summed E-state index contributed by atoms with van der Waals surface area (Å²) in [5.41, 5.74) is 0. The molecule has 3 nitrogen and oxygen atoms in total. The van der Waals surface area contributed by atoms with E-state index in [4.69, 9.17) is 9.47 Å². The van der Waals surface area contributed by atoms with Crippen LogP contribution in [0.4, 0.5) is 0 Å². The molecule has 0 aliphatic carbocycles. The zero-order valence-corrected chi connectivity index (χ0v) is 9.78. The van der Waals surface area contributed by atoms with Crippen LogP contribution in [-0.2, 0) is 9.47 Å². The third-order valence-electron chi connectivity index (χ3n) is 2.75. The van der Waals surface area contributed by atoms with Crippen molar-refractivity contribution in [1.82, 2.24) is 0 Å². The Morgan fingerprint density at radius 3 is 2.87 bits per heavy atom. The average molecular weight is 216 g/mol.